The lowest BCUT2D eigenvalue weighted by atomic mass is 9.92. The van der Waals surface area contributed by atoms with Gasteiger partial charge in [-0.1, -0.05) is 18.2 Å². The quantitative estimate of drug-likeness (QED) is 0.654. The highest BCUT2D eigenvalue weighted by molar-refractivity contribution is 5.81. The molecule has 2 atom stereocenters. The summed E-state index contributed by atoms with van der Waals surface area (Å²) in [6.07, 6.45) is 2.38. The maximum Gasteiger partial charge on any atom is 0.330 e. The number of aliphatic hydroxyl groups is 1. The Bertz CT molecular complexity index is 463. The van der Waals surface area contributed by atoms with Gasteiger partial charge in [-0.25, -0.2) is 4.79 Å². The van der Waals surface area contributed by atoms with Crippen LogP contribution in [0, 0.1) is 6.92 Å². The molecule has 0 aliphatic carbocycles. The number of carbonyl (C=O) groups is 1. The minimum atomic E-state index is -0.603. The second-order valence-corrected chi connectivity index (χ2v) is 4.38. The van der Waals surface area contributed by atoms with E-state index in [1.54, 1.807) is 20.1 Å². The summed E-state index contributed by atoms with van der Waals surface area (Å²) in [4.78, 5) is 11.1. The van der Waals surface area contributed by atoms with Crippen molar-refractivity contribution in [2.75, 3.05) is 14.2 Å². The van der Waals surface area contributed by atoms with Gasteiger partial charge in [-0.2, -0.15) is 0 Å². The van der Waals surface area contributed by atoms with Crippen molar-refractivity contribution in [1.29, 1.82) is 0 Å². The number of rotatable bonds is 5. The summed E-state index contributed by atoms with van der Waals surface area (Å²) in [5.74, 6) is 0.102. The van der Waals surface area contributed by atoms with Gasteiger partial charge in [0.05, 0.1) is 20.3 Å². The molecule has 1 N–H and O–H groups in total. The summed E-state index contributed by atoms with van der Waals surface area (Å²) in [6, 6.07) is 5.68. The number of aryl methyl sites for hydroxylation is 1. The average molecular weight is 264 g/mol. The van der Waals surface area contributed by atoms with Crippen molar-refractivity contribution >= 4 is 5.97 Å². The molecule has 1 aromatic carbocycles. The molecule has 0 radical (unpaired) electrons. The highest BCUT2D eigenvalue weighted by atomic mass is 16.5. The highest BCUT2D eigenvalue weighted by Gasteiger charge is 2.15. The molecule has 0 saturated heterocycles. The number of benzene rings is 1. The van der Waals surface area contributed by atoms with Gasteiger partial charge in [-0.15, -0.1) is 0 Å². The molecule has 1 rings (SSSR count). The summed E-state index contributed by atoms with van der Waals surface area (Å²) in [6.45, 7) is 3.62. The molecule has 4 heteroatoms. The molecule has 1 aromatic rings. The molecule has 0 saturated carbocycles. The average Bonchev–Trinajstić information content (AvgIpc) is 2.38. The van der Waals surface area contributed by atoms with Crippen molar-refractivity contribution in [2.45, 2.75) is 25.9 Å². The fraction of sp³-hybridized carbons (Fsp3) is 0.400. The molecule has 19 heavy (non-hydrogen) atoms. The third-order valence-corrected chi connectivity index (χ3v) is 2.96. The van der Waals surface area contributed by atoms with Crippen molar-refractivity contribution < 1.29 is 19.4 Å². The lowest BCUT2D eigenvalue weighted by Gasteiger charge is -2.18. The number of ether oxygens (including phenoxy) is 2. The Kier molecular flexibility index (Phi) is 5.57. The predicted octanol–water partition coefficient (Wildman–Crippen LogP) is 2.20. The zero-order valence-electron chi connectivity index (χ0n) is 11.7. The number of hydrogen-bond acceptors (Lipinski definition) is 4. The van der Waals surface area contributed by atoms with Gasteiger partial charge in [0.25, 0.3) is 0 Å². The summed E-state index contributed by atoms with van der Waals surface area (Å²) in [5, 5.41) is 9.83. The van der Waals surface area contributed by atoms with Crippen LogP contribution in [0.25, 0.3) is 0 Å². The van der Waals surface area contributed by atoms with Crippen LogP contribution in [0.15, 0.2) is 30.4 Å². The van der Waals surface area contributed by atoms with Gasteiger partial charge in [-0.05, 0) is 31.0 Å². The van der Waals surface area contributed by atoms with E-state index < -0.39 is 12.1 Å². The number of hydrogen-bond donors (Lipinski definition) is 1. The standard InChI is InChI=1S/C15H20O4/c1-10-9-12(5-7-14(10)18-3)13(11(2)16)6-8-15(17)19-4/h5-9,11,13,16H,1-4H3/b8-6+/t11-,13-/m1/s1. The predicted molar refractivity (Wildman–Crippen MR) is 73.3 cm³/mol. The molecule has 0 spiro atoms. The van der Waals surface area contributed by atoms with E-state index in [1.165, 1.54) is 13.2 Å². The van der Waals surface area contributed by atoms with Crippen LogP contribution < -0.4 is 4.74 Å². The van der Waals surface area contributed by atoms with Gasteiger partial charge >= 0.3 is 5.97 Å². The van der Waals surface area contributed by atoms with Crippen molar-refractivity contribution in [3.63, 3.8) is 0 Å². The first-order valence-electron chi connectivity index (χ1n) is 6.08. The van der Waals surface area contributed by atoms with Crippen molar-refractivity contribution in [2.24, 2.45) is 0 Å². The SMILES string of the molecule is COC(=O)/C=C/[C@@H](c1ccc(OC)c(C)c1)[C@@H](C)O. The number of esters is 1. The first-order valence-corrected chi connectivity index (χ1v) is 6.08. The molecule has 104 valence electrons. The second-order valence-electron chi connectivity index (χ2n) is 4.38. The van der Waals surface area contributed by atoms with Crippen molar-refractivity contribution in [1.82, 2.24) is 0 Å². The first-order chi connectivity index (χ1) is 8.99. The van der Waals surface area contributed by atoms with Gasteiger partial charge in [0.15, 0.2) is 0 Å². The van der Waals surface area contributed by atoms with Crippen LogP contribution in [0.5, 0.6) is 5.75 Å². The molecular weight excluding hydrogens is 244 g/mol. The summed E-state index contributed by atoms with van der Waals surface area (Å²) in [7, 11) is 2.94. The maximum absolute atomic E-state index is 11.1. The van der Waals surface area contributed by atoms with Gasteiger partial charge in [0, 0.05) is 12.0 Å². The van der Waals surface area contributed by atoms with E-state index in [9.17, 15) is 9.90 Å². The van der Waals surface area contributed by atoms with Gasteiger partial charge in [0.2, 0.25) is 0 Å². The molecular formula is C15H20O4. The highest BCUT2D eigenvalue weighted by Crippen LogP contribution is 2.26. The monoisotopic (exact) mass is 264 g/mol. The van der Waals surface area contributed by atoms with Crippen LogP contribution in [-0.4, -0.2) is 31.4 Å². The van der Waals surface area contributed by atoms with E-state index >= 15 is 0 Å². The minimum Gasteiger partial charge on any atom is -0.496 e. The van der Waals surface area contributed by atoms with E-state index in [2.05, 4.69) is 4.74 Å². The van der Waals surface area contributed by atoms with E-state index in [4.69, 9.17) is 4.74 Å². The lowest BCUT2D eigenvalue weighted by Crippen LogP contribution is -2.13. The van der Waals surface area contributed by atoms with E-state index in [0.717, 1.165) is 16.9 Å². The first kappa shape index (κ1) is 15.2. The Morgan fingerprint density at radius 2 is 2.05 bits per heavy atom. The van der Waals surface area contributed by atoms with Crippen molar-refractivity contribution in [3.05, 3.63) is 41.5 Å². The lowest BCUT2D eigenvalue weighted by molar-refractivity contribution is -0.134. The molecule has 0 fully saturated rings. The summed E-state index contributed by atoms with van der Waals surface area (Å²) >= 11 is 0. The van der Waals surface area contributed by atoms with E-state index in [-0.39, 0.29) is 5.92 Å². The third kappa shape index (κ3) is 4.10. The topological polar surface area (TPSA) is 55.8 Å². The largest absolute Gasteiger partial charge is 0.496 e. The zero-order chi connectivity index (χ0) is 14.4. The van der Waals surface area contributed by atoms with Crippen LogP contribution in [0.3, 0.4) is 0 Å². The van der Waals surface area contributed by atoms with Gasteiger partial charge in [0.1, 0.15) is 5.75 Å². The molecule has 0 aromatic heterocycles. The molecule has 0 aliphatic heterocycles. The third-order valence-electron chi connectivity index (χ3n) is 2.96. The van der Waals surface area contributed by atoms with E-state index in [0.29, 0.717) is 0 Å². The number of aliphatic hydroxyl groups excluding tert-OH is 1. The molecule has 4 nitrogen and oxygen atoms in total. The van der Waals surface area contributed by atoms with Crippen LogP contribution in [0.2, 0.25) is 0 Å². The van der Waals surface area contributed by atoms with Crippen LogP contribution in [0.1, 0.15) is 24.0 Å². The fourth-order valence-corrected chi connectivity index (χ4v) is 1.91. The minimum absolute atomic E-state index is 0.260. The summed E-state index contributed by atoms with van der Waals surface area (Å²) in [5.41, 5.74) is 1.91. The van der Waals surface area contributed by atoms with Crippen LogP contribution in [0.4, 0.5) is 0 Å². The zero-order valence-corrected chi connectivity index (χ0v) is 11.7. The number of methoxy groups -OCH3 is 2. The molecule has 0 amide bonds. The Balaban J connectivity index is 3.03. The van der Waals surface area contributed by atoms with Crippen LogP contribution >= 0.6 is 0 Å². The number of carbonyl (C=O) groups excluding carboxylic acids is 1. The Morgan fingerprint density at radius 1 is 1.37 bits per heavy atom. The Hall–Kier alpha value is -1.81. The molecule has 0 bridgehead atoms. The molecule has 0 heterocycles. The van der Waals surface area contributed by atoms with Crippen LogP contribution in [-0.2, 0) is 9.53 Å². The molecule has 0 aliphatic rings. The fourth-order valence-electron chi connectivity index (χ4n) is 1.91. The Labute approximate surface area is 113 Å². The van der Waals surface area contributed by atoms with Crippen molar-refractivity contribution in [3.8, 4) is 5.75 Å². The van der Waals surface area contributed by atoms with Gasteiger partial charge < -0.3 is 14.6 Å². The smallest absolute Gasteiger partial charge is 0.330 e. The van der Waals surface area contributed by atoms with Gasteiger partial charge in [-0.3, -0.25) is 0 Å². The van der Waals surface area contributed by atoms with E-state index in [1.807, 2.05) is 25.1 Å². The Morgan fingerprint density at radius 3 is 2.53 bits per heavy atom. The molecule has 0 unspecified atom stereocenters. The normalized spacial score (nSPS) is 14.2. The summed E-state index contributed by atoms with van der Waals surface area (Å²) < 4.78 is 9.75. The maximum atomic E-state index is 11.1. The second kappa shape index (κ2) is 6.95.